The number of aliphatic imine (C=N–C) groups is 2. The van der Waals surface area contributed by atoms with Crippen LogP contribution in [0.4, 0.5) is 0 Å². The van der Waals surface area contributed by atoms with Crippen molar-refractivity contribution in [3.05, 3.63) is 193 Å². The van der Waals surface area contributed by atoms with Crippen molar-refractivity contribution in [2.75, 3.05) is 0 Å². The van der Waals surface area contributed by atoms with E-state index in [0.717, 1.165) is 61.2 Å². The first kappa shape index (κ1) is 29.2. The molecule has 10 rings (SSSR count). The monoisotopic (exact) mass is 653 g/mol. The number of hydrogen-bond acceptors (Lipinski definition) is 4. The normalized spacial score (nSPS) is 14.5. The van der Waals surface area contributed by atoms with Crippen LogP contribution >= 0.6 is 0 Å². The Labute approximate surface area is 295 Å². The summed E-state index contributed by atoms with van der Waals surface area (Å²) >= 11 is 0. The second-order valence-electron chi connectivity index (χ2n) is 13.0. The van der Waals surface area contributed by atoms with Crippen molar-refractivity contribution in [3.63, 3.8) is 0 Å². The maximum Gasteiger partial charge on any atom is 0.159 e. The predicted molar refractivity (Wildman–Crippen MR) is 211 cm³/mol. The second kappa shape index (κ2) is 12.0. The third kappa shape index (κ3) is 5.08. The molecule has 0 aliphatic carbocycles. The van der Waals surface area contributed by atoms with E-state index in [4.69, 9.17) is 14.4 Å². The van der Waals surface area contributed by atoms with E-state index >= 15 is 0 Å². The maximum absolute atomic E-state index is 6.57. The van der Waals surface area contributed by atoms with Gasteiger partial charge in [0.1, 0.15) is 23.2 Å². The van der Waals surface area contributed by atoms with Crippen molar-refractivity contribution in [1.82, 2.24) is 5.32 Å². The molecule has 0 saturated heterocycles. The minimum Gasteiger partial charge on any atom is -0.456 e. The lowest BCUT2D eigenvalue weighted by molar-refractivity contribution is 0.667. The lowest BCUT2D eigenvalue weighted by Gasteiger charge is -2.24. The van der Waals surface area contributed by atoms with Crippen LogP contribution < -0.4 is 5.32 Å². The molecule has 0 saturated carbocycles. The van der Waals surface area contributed by atoms with Gasteiger partial charge in [-0.2, -0.15) is 0 Å². The summed E-state index contributed by atoms with van der Waals surface area (Å²) in [6.07, 6.45) is -0.298. The molecule has 9 aromatic rings. The summed E-state index contributed by atoms with van der Waals surface area (Å²) in [6, 6.07) is 61.7. The largest absolute Gasteiger partial charge is 0.456 e. The summed E-state index contributed by atoms with van der Waals surface area (Å²) in [7, 11) is 0. The molecule has 4 nitrogen and oxygen atoms in total. The molecule has 1 unspecified atom stereocenters. The summed E-state index contributed by atoms with van der Waals surface area (Å²) < 4.78 is 6.57. The van der Waals surface area contributed by atoms with Gasteiger partial charge in [0.25, 0.3) is 0 Å². The van der Waals surface area contributed by atoms with Gasteiger partial charge in [0.05, 0.1) is 0 Å². The third-order valence-electron chi connectivity index (χ3n) is 9.89. The van der Waals surface area contributed by atoms with E-state index in [0.29, 0.717) is 5.84 Å². The summed E-state index contributed by atoms with van der Waals surface area (Å²) in [5, 5.41) is 10.7. The van der Waals surface area contributed by atoms with Gasteiger partial charge in [-0.15, -0.1) is 0 Å². The van der Waals surface area contributed by atoms with E-state index in [2.05, 4.69) is 133 Å². The van der Waals surface area contributed by atoms with Gasteiger partial charge < -0.3 is 9.73 Å². The van der Waals surface area contributed by atoms with Gasteiger partial charge in [-0.1, -0.05) is 146 Å². The zero-order valence-corrected chi connectivity index (χ0v) is 27.6. The molecule has 0 amide bonds. The Morgan fingerprint density at radius 2 is 1.10 bits per heavy atom. The Morgan fingerprint density at radius 3 is 1.92 bits per heavy atom. The number of hydrogen-bond donors (Lipinski definition) is 1. The summed E-state index contributed by atoms with van der Waals surface area (Å²) in [5.74, 6) is 1.44. The molecular weight excluding hydrogens is 623 g/mol. The molecule has 0 radical (unpaired) electrons. The van der Waals surface area contributed by atoms with E-state index in [1.807, 2.05) is 48.5 Å². The Morgan fingerprint density at radius 1 is 0.451 bits per heavy atom. The van der Waals surface area contributed by atoms with Crippen molar-refractivity contribution in [3.8, 4) is 22.3 Å². The topological polar surface area (TPSA) is 49.9 Å². The molecule has 1 aliphatic rings. The van der Waals surface area contributed by atoms with E-state index in [1.54, 1.807) is 0 Å². The van der Waals surface area contributed by atoms with Crippen molar-refractivity contribution in [1.29, 1.82) is 0 Å². The fourth-order valence-electron chi connectivity index (χ4n) is 7.49. The average molecular weight is 654 g/mol. The number of fused-ring (bicyclic) bond motifs is 6. The molecule has 4 heteroatoms. The van der Waals surface area contributed by atoms with Crippen LogP contribution in [-0.4, -0.2) is 11.7 Å². The molecular formula is C47H31N3O. The smallest absolute Gasteiger partial charge is 0.159 e. The highest BCUT2D eigenvalue weighted by Crippen LogP contribution is 2.41. The molecule has 1 atom stereocenters. The third-order valence-corrected chi connectivity index (χ3v) is 9.89. The second-order valence-corrected chi connectivity index (χ2v) is 13.0. The quantitative estimate of drug-likeness (QED) is 0.188. The van der Waals surface area contributed by atoms with E-state index < -0.39 is 0 Å². The van der Waals surface area contributed by atoms with Crippen LogP contribution in [0.1, 0.15) is 22.9 Å². The molecule has 1 aliphatic heterocycles. The summed E-state index contributed by atoms with van der Waals surface area (Å²) in [4.78, 5) is 10.3. The van der Waals surface area contributed by atoms with Crippen LogP contribution in [0, 0.1) is 0 Å². The zero-order valence-electron chi connectivity index (χ0n) is 27.6. The highest BCUT2D eigenvalue weighted by atomic mass is 16.3. The van der Waals surface area contributed by atoms with E-state index in [-0.39, 0.29) is 6.17 Å². The van der Waals surface area contributed by atoms with Crippen LogP contribution in [0.5, 0.6) is 0 Å². The minimum atomic E-state index is -0.298. The first-order valence-electron chi connectivity index (χ1n) is 17.3. The van der Waals surface area contributed by atoms with Crippen LogP contribution in [0.15, 0.2) is 190 Å². The van der Waals surface area contributed by atoms with E-state index in [9.17, 15) is 0 Å². The molecule has 0 spiro atoms. The van der Waals surface area contributed by atoms with Crippen molar-refractivity contribution in [2.45, 2.75) is 6.17 Å². The first-order valence-corrected chi connectivity index (χ1v) is 17.3. The minimum absolute atomic E-state index is 0.298. The zero-order chi connectivity index (χ0) is 33.7. The van der Waals surface area contributed by atoms with Gasteiger partial charge in [0.15, 0.2) is 5.84 Å². The molecule has 1 N–H and O–H groups in total. The average Bonchev–Trinajstić information content (AvgIpc) is 3.59. The number of rotatable bonds is 5. The fourth-order valence-corrected chi connectivity index (χ4v) is 7.49. The number of nitrogens with zero attached hydrogens (tertiary/aromatic N) is 2. The Kier molecular flexibility index (Phi) is 6.85. The van der Waals surface area contributed by atoms with Gasteiger partial charge in [-0.3, -0.25) is 0 Å². The van der Waals surface area contributed by atoms with Gasteiger partial charge in [0, 0.05) is 21.9 Å². The molecule has 2 heterocycles. The van der Waals surface area contributed by atoms with Crippen LogP contribution in [0.2, 0.25) is 0 Å². The van der Waals surface area contributed by atoms with E-state index in [1.165, 1.54) is 27.1 Å². The van der Waals surface area contributed by atoms with Crippen LogP contribution in [0.25, 0.3) is 65.7 Å². The lowest BCUT2D eigenvalue weighted by Crippen LogP contribution is -2.33. The number of nitrogens with one attached hydrogen (secondary N) is 1. The molecule has 0 fully saturated rings. The Balaban J connectivity index is 1.19. The van der Waals surface area contributed by atoms with Gasteiger partial charge in [0.2, 0.25) is 0 Å². The van der Waals surface area contributed by atoms with Gasteiger partial charge >= 0.3 is 0 Å². The fraction of sp³-hybridized carbons (Fsp3) is 0.0213. The first-order chi connectivity index (χ1) is 25.3. The highest BCUT2D eigenvalue weighted by Gasteiger charge is 2.23. The summed E-state index contributed by atoms with van der Waals surface area (Å²) in [6.45, 7) is 0. The summed E-state index contributed by atoms with van der Waals surface area (Å²) in [5.41, 5.74) is 9.18. The van der Waals surface area contributed by atoms with Gasteiger partial charge in [-0.25, -0.2) is 9.98 Å². The standard InChI is InChI=1S/C47H31N3O/c1-3-14-30(15-4-1)45-48-46(31-16-5-2-6-17-31)50-47(49-45)35-28-41(44-39-24-11-12-25-42(39)51-43(44)29-35)33-20-13-19-32(26-33)40-27-34-18-7-8-21-36(34)37-22-9-10-23-38(37)40/h1-29,45H,(H,48,49,50). The number of furan rings is 1. The number of para-hydroxylation sites is 1. The molecule has 0 bridgehead atoms. The number of amidine groups is 2. The Bertz CT molecular complexity index is 2830. The predicted octanol–water partition coefficient (Wildman–Crippen LogP) is 11.7. The van der Waals surface area contributed by atoms with Crippen LogP contribution in [-0.2, 0) is 0 Å². The number of benzene rings is 8. The lowest BCUT2D eigenvalue weighted by atomic mass is 9.90. The Hall–Kier alpha value is -6.78. The SMILES string of the molecule is c1ccc(C2=NC(c3cc(-c4cccc(-c5cc6ccccc6c6ccccc56)c4)c4c(c3)oc3ccccc34)=NC(c3ccccc3)N2)cc1. The maximum atomic E-state index is 6.57. The highest BCUT2D eigenvalue weighted by molar-refractivity contribution is 6.19. The van der Waals surface area contributed by atoms with Crippen molar-refractivity contribution in [2.24, 2.45) is 9.98 Å². The molecule has 8 aromatic carbocycles. The van der Waals surface area contributed by atoms with Crippen molar-refractivity contribution < 1.29 is 4.42 Å². The molecule has 51 heavy (non-hydrogen) atoms. The molecule has 240 valence electrons. The molecule has 1 aromatic heterocycles. The van der Waals surface area contributed by atoms with Crippen molar-refractivity contribution >= 4 is 55.2 Å². The van der Waals surface area contributed by atoms with Crippen LogP contribution in [0.3, 0.4) is 0 Å². The van der Waals surface area contributed by atoms with Gasteiger partial charge in [-0.05, 0) is 79.7 Å².